The summed E-state index contributed by atoms with van der Waals surface area (Å²) in [5.74, 6) is 0. The molecule has 5 nitrogen and oxygen atoms in total. The Labute approximate surface area is 93.8 Å². The number of H-pyrrole nitrogens is 1. The molecular formula is C11H17N3O2. The second-order valence-corrected chi connectivity index (χ2v) is 3.86. The molecule has 0 aliphatic rings. The molecule has 16 heavy (non-hydrogen) atoms. The monoisotopic (exact) mass is 223 g/mol. The molecule has 1 aromatic heterocycles. The number of aromatic nitrogens is 2. The van der Waals surface area contributed by atoms with E-state index < -0.39 is 0 Å². The fraction of sp³-hybridized carbons (Fsp3) is 0.455. The molecular weight excluding hydrogens is 206 g/mol. The lowest BCUT2D eigenvalue weighted by Crippen LogP contribution is -2.34. The number of nitrogens with one attached hydrogen (secondary N) is 2. The minimum atomic E-state index is -0.227. The van der Waals surface area contributed by atoms with Gasteiger partial charge in [0.25, 0.3) is 11.1 Å². The Balaban J connectivity index is 3.12. The van der Waals surface area contributed by atoms with E-state index in [1.807, 2.05) is 0 Å². The summed E-state index contributed by atoms with van der Waals surface area (Å²) in [5.41, 5.74) is 1.40. The zero-order valence-corrected chi connectivity index (χ0v) is 9.89. The van der Waals surface area contributed by atoms with Crippen molar-refractivity contribution in [1.82, 2.24) is 15.1 Å². The molecule has 0 radical (unpaired) electrons. The molecule has 0 spiro atoms. The normalized spacial score (nSPS) is 10.4. The van der Waals surface area contributed by atoms with Gasteiger partial charge in [-0.05, 0) is 26.5 Å². The van der Waals surface area contributed by atoms with Crippen molar-refractivity contribution in [3.8, 4) is 0 Å². The molecule has 0 amide bonds. The van der Waals surface area contributed by atoms with Crippen LogP contribution in [-0.2, 0) is 6.54 Å². The van der Waals surface area contributed by atoms with E-state index in [4.69, 9.17) is 0 Å². The van der Waals surface area contributed by atoms with E-state index in [-0.39, 0.29) is 11.1 Å². The van der Waals surface area contributed by atoms with Crippen molar-refractivity contribution in [2.45, 2.75) is 20.4 Å². The van der Waals surface area contributed by atoms with Gasteiger partial charge < -0.3 is 5.32 Å². The molecule has 0 aliphatic heterocycles. The summed E-state index contributed by atoms with van der Waals surface area (Å²) in [4.78, 5) is 23.3. The highest BCUT2D eigenvalue weighted by Crippen LogP contribution is 1.94. The lowest BCUT2D eigenvalue weighted by molar-refractivity contribution is 0.599. The molecule has 0 aliphatic carbocycles. The largest absolute Gasteiger partial charge is 0.316 e. The number of nitrogens with zero attached hydrogens (tertiary/aromatic N) is 1. The minimum absolute atomic E-state index is 0.172. The van der Waals surface area contributed by atoms with Crippen LogP contribution in [0.3, 0.4) is 0 Å². The van der Waals surface area contributed by atoms with Gasteiger partial charge in [0.1, 0.15) is 0 Å². The molecule has 0 unspecified atom stereocenters. The fourth-order valence-corrected chi connectivity index (χ4v) is 1.43. The molecule has 1 rings (SSSR count). The molecule has 0 bridgehead atoms. The van der Waals surface area contributed by atoms with Gasteiger partial charge in [0, 0.05) is 17.7 Å². The summed E-state index contributed by atoms with van der Waals surface area (Å²) < 4.78 is 1.30. The first-order chi connectivity index (χ1) is 7.47. The SMILES string of the molecule is C=C(CNC)Cn1[nH]c(=O)c(C)c(C)c1=O. The summed E-state index contributed by atoms with van der Waals surface area (Å²) in [5, 5.41) is 5.47. The molecule has 1 aromatic rings. The first kappa shape index (κ1) is 12.4. The van der Waals surface area contributed by atoms with Crippen LogP contribution in [0.5, 0.6) is 0 Å². The third-order valence-corrected chi connectivity index (χ3v) is 2.51. The molecule has 2 N–H and O–H groups in total. The Hall–Kier alpha value is -1.62. The summed E-state index contributed by atoms with van der Waals surface area (Å²) in [7, 11) is 1.80. The average Bonchev–Trinajstić information content (AvgIpc) is 2.23. The number of aromatic amines is 1. The predicted molar refractivity (Wildman–Crippen MR) is 63.9 cm³/mol. The standard InChI is InChI=1S/C11H17N3O2/c1-7(5-12-4)6-14-11(16)9(3)8(2)10(15)13-14/h12H,1,5-6H2,2-4H3,(H,13,15). The van der Waals surface area contributed by atoms with E-state index in [1.165, 1.54) is 4.68 Å². The highest BCUT2D eigenvalue weighted by Gasteiger charge is 2.07. The van der Waals surface area contributed by atoms with Crippen LogP contribution in [0.1, 0.15) is 11.1 Å². The highest BCUT2D eigenvalue weighted by molar-refractivity contribution is 5.17. The molecule has 0 saturated heterocycles. The lowest BCUT2D eigenvalue weighted by atomic mass is 10.2. The first-order valence-electron chi connectivity index (χ1n) is 5.09. The predicted octanol–water partition coefficient (Wildman–Crippen LogP) is -0.0710. The van der Waals surface area contributed by atoms with E-state index in [2.05, 4.69) is 17.0 Å². The van der Waals surface area contributed by atoms with Crippen molar-refractivity contribution < 1.29 is 0 Å². The van der Waals surface area contributed by atoms with E-state index in [1.54, 1.807) is 20.9 Å². The zero-order valence-electron chi connectivity index (χ0n) is 9.89. The highest BCUT2D eigenvalue weighted by atomic mass is 16.2. The minimum Gasteiger partial charge on any atom is -0.316 e. The maximum atomic E-state index is 11.8. The lowest BCUT2D eigenvalue weighted by Gasteiger charge is -2.09. The van der Waals surface area contributed by atoms with Crippen LogP contribution in [0.4, 0.5) is 0 Å². The van der Waals surface area contributed by atoms with Gasteiger partial charge >= 0.3 is 0 Å². The third-order valence-electron chi connectivity index (χ3n) is 2.51. The Morgan fingerprint density at radius 3 is 2.56 bits per heavy atom. The Morgan fingerprint density at radius 1 is 1.38 bits per heavy atom. The van der Waals surface area contributed by atoms with E-state index >= 15 is 0 Å². The van der Waals surface area contributed by atoms with Gasteiger partial charge in [-0.15, -0.1) is 0 Å². The van der Waals surface area contributed by atoms with Gasteiger partial charge in [0.2, 0.25) is 0 Å². The van der Waals surface area contributed by atoms with Crippen LogP contribution in [0, 0.1) is 13.8 Å². The number of hydrogen-bond donors (Lipinski definition) is 2. The number of rotatable bonds is 4. The maximum Gasteiger partial charge on any atom is 0.268 e. The summed E-state index contributed by atoms with van der Waals surface area (Å²) in [6.45, 7) is 8.06. The van der Waals surface area contributed by atoms with Crippen LogP contribution in [0.2, 0.25) is 0 Å². The zero-order chi connectivity index (χ0) is 12.3. The van der Waals surface area contributed by atoms with Gasteiger partial charge in [0.15, 0.2) is 0 Å². The second-order valence-electron chi connectivity index (χ2n) is 3.86. The number of likely N-dealkylation sites (N-methyl/N-ethyl adjacent to an activating group) is 1. The summed E-state index contributed by atoms with van der Waals surface area (Å²) in [6, 6.07) is 0. The van der Waals surface area contributed by atoms with Gasteiger partial charge in [0.05, 0.1) is 6.54 Å². The molecule has 5 heteroatoms. The Bertz CT molecular complexity index is 511. The summed E-state index contributed by atoms with van der Waals surface area (Å²) >= 11 is 0. The van der Waals surface area contributed by atoms with Crippen LogP contribution in [0.15, 0.2) is 21.7 Å². The van der Waals surface area contributed by atoms with E-state index in [0.717, 1.165) is 5.57 Å². The van der Waals surface area contributed by atoms with Crippen LogP contribution < -0.4 is 16.4 Å². The van der Waals surface area contributed by atoms with Crippen molar-refractivity contribution in [2.24, 2.45) is 0 Å². The molecule has 1 heterocycles. The van der Waals surface area contributed by atoms with Crippen molar-refractivity contribution in [3.63, 3.8) is 0 Å². The molecule has 0 aromatic carbocycles. The van der Waals surface area contributed by atoms with Gasteiger partial charge in [-0.2, -0.15) is 0 Å². The first-order valence-corrected chi connectivity index (χ1v) is 5.09. The van der Waals surface area contributed by atoms with Crippen molar-refractivity contribution >= 4 is 0 Å². The molecule has 0 atom stereocenters. The molecule has 0 saturated carbocycles. The molecule has 0 fully saturated rings. The Morgan fingerprint density at radius 2 is 2.00 bits per heavy atom. The quantitative estimate of drug-likeness (QED) is 0.702. The fourth-order valence-electron chi connectivity index (χ4n) is 1.43. The van der Waals surface area contributed by atoms with Crippen molar-refractivity contribution in [3.05, 3.63) is 44.0 Å². The maximum absolute atomic E-state index is 11.8. The third kappa shape index (κ3) is 2.49. The van der Waals surface area contributed by atoms with Crippen molar-refractivity contribution in [2.75, 3.05) is 13.6 Å². The van der Waals surface area contributed by atoms with Crippen LogP contribution in [-0.4, -0.2) is 23.4 Å². The van der Waals surface area contributed by atoms with E-state index in [0.29, 0.717) is 24.2 Å². The van der Waals surface area contributed by atoms with Crippen molar-refractivity contribution in [1.29, 1.82) is 0 Å². The smallest absolute Gasteiger partial charge is 0.268 e. The Kier molecular flexibility index (Phi) is 3.84. The second kappa shape index (κ2) is 4.94. The topological polar surface area (TPSA) is 66.9 Å². The van der Waals surface area contributed by atoms with Gasteiger partial charge in [-0.1, -0.05) is 6.58 Å². The van der Waals surface area contributed by atoms with E-state index in [9.17, 15) is 9.59 Å². The van der Waals surface area contributed by atoms with Crippen LogP contribution >= 0.6 is 0 Å². The van der Waals surface area contributed by atoms with Gasteiger partial charge in [-0.3, -0.25) is 14.7 Å². The number of hydrogen-bond acceptors (Lipinski definition) is 3. The average molecular weight is 223 g/mol. The summed E-state index contributed by atoms with van der Waals surface area (Å²) in [6.07, 6.45) is 0. The van der Waals surface area contributed by atoms with Gasteiger partial charge in [-0.25, -0.2) is 4.68 Å². The molecule has 88 valence electrons. The van der Waals surface area contributed by atoms with Crippen LogP contribution in [0.25, 0.3) is 0 Å².